The molecule has 0 unspecified atom stereocenters. The molecule has 1 fully saturated rings. The Kier molecular flexibility index (Phi) is 6.90. The number of para-hydroxylation sites is 2. The fraction of sp³-hybridized carbons (Fsp3) is 0.417. The number of hydrogen-bond donors (Lipinski definition) is 0. The summed E-state index contributed by atoms with van der Waals surface area (Å²) >= 11 is 0.613. The van der Waals surface area contributed by atoms with Gasteiger partial charge >= 0.3 is 6.18 Å². The van der Waals surface area contributed by atoms with Gasteiger partial charge in [-0.05, 0) is 25.1 Å². The molecule has 4 aromatic rings. The number of piperazine rings is 1. The van der Waals surface area contributed by atoms with Crippen molar-refractivity contribution in [2.45, 2.75) is 32.2 Å². The maximum absolute atomic E-state index is 13.8. The van der Waals surface area contributed by atoms with E-state index in [4.69, 9.17) is 4.74 Å². The number of imidazole rings is 1. The first-order valence-electron chi connectivity index (χ1n) is 11.8. The predicted molar refractivity (Wildman–Crippen MR) is 133 cm³/mol. The Morgan fingerprint density at radius 1 is 1.19 bits per heavy atom. The van der Waals surface area contributed by atoms with E-state index in [1.807, 2.05) is 40.7 Å². The summed E-state index contributed by atoms with van der Waals surface area (Å²) in [4.78, 5) is 25.2. The van der Waals surface area contributed by atoms with E-state index in [2.05, 4.69) is 15.1 Å². The van der Waals surface area contributed by atoms with Crippen LogP contribution in [0.5, 0.6) is 0 Å². The van der Waals surface area contributed by atoms with Gasteiger partial charge in [-0.25, -0.2) is 9.97 Å². The van der Waals surface area contributed by atoms with E-state index in [9.17, 15) is 18.0 Å². The molecule has 0 saturated carbocycles. The van der Waals surface area contributed by atoms with Gasteiger partial charge in [-0.15, -0.1) is 0 Å². The van der Waals surface area contributed by atoms with E-state index in [-0.39, 0.29) is 24.2 Å². The summed E-state index contributed by atoms with van der Waals surface area (Å²) in [6.07, 6.45) is -1.26. The lowest BCUT2D eigenvalue weighted by atomic mass is 10.2. The minimum Gasteiger partial charge on any atom is -0.383 e. The molecule has 1 saturated heterocycles. The van der Waals surface area contributed by atoms with E-state index >= 15 is 0 Å². The normalized spacial score (nSPS) is 16.6. The first kappa shape index (κ1) is 25.2. The molecule has 1 aromatic carbocycles. The first-order valence-corrected chi connectivity index (χ1v) is 12.6. The van der Waals surface area contributed by atoms with E-state index < -0.39 is 11.2 Å². The van der Waals surface area contributed by atoms with Crippen molar-refractivity contribution in [2.24, 2.45) is 0 Å². The first-order chi connectivity index (χ1) is 17.8. The SMILES string of the molecule is COCCn1c(-c2nc(C(F)(F)F)sc2N2CCN(C(=O)Cn3cccn3)[C@H](C)C2)nc2ccccc21. The van der Waals surface area contributed by atoms with E-state index in [0.29, 0.717) is 60.5 Å². The molecule has 3 aromatic heterocycles. The van der Waals surface area contributed by atoms with Crippen molar-refractivity contribution in [1.29, 1.82) is 0 Å². The molecular formula is C24H26F3N7O2S. The molecule has 37 heavy (non-hydrogen) atoms. The Balaban J connectivity index is 1.49. The lowest BCUT2D eigenvalue weighted by Gasteiger charge is -2.40. The number of methoxy groups -OCH3 is 1. The Bertz CT molecular complexity index is 1380. The number of rotatable bonds is 7. The smallest absolute Gasteiger partial charge is 0.383 e. The van der Waals surface area contributed by atoms with Crippen LogP contribution in [-0.2, 0) is 28.8 Å². The van der Waals surface area contributed by atoms with Gasteiger partial charge in [0.15, 0.2) is 5.82 Å². The van der Waals surface area contributed by atoms with Crippen LogP contribution in [0.15, 0.2) is 42.7 Å². The summed E-state index contributed by atoms with van der Waals surface area (Å²) < 4.78 is 50.1. The molecule has 4 heterocycles. The highest BCUT2D eigenvalue weighted by molar-refractivity contribution is 7.16. The predicted octanol–water partition coefficient (Wildman–Crippen LogP) is 3.76. The molecule has 0 bridgehead atoms. The number of amides is 1. The summed E-state index contributed by atoms with van der Waals surface area (Å²) in [5.74, 6) is 0.280. The molecule has 1 atom stereocenters. The van der Waals surface area contributed by atoms with Gasteiger partial charge in [0.1, 0.15) is 17.2 Å². The molecule has 1 amide bonds. The number of fused-ring (bicyclic) bond motifs is 1. The maximum Gasteiger partial charge on any atom is 0.443 e. The average Bonchev–Trinajstić information content (AvgIpc) is 3.60. The van der Waals surface area contributed by atoms with Gasteiger partial charge in [-0.3, -0.25) is 9.48 Å². The number of anilines is 1. The Hall–Kier alpha value is -3.45. The fourth-order valence-corrected chi connectivity index (χ4v) is 5.56. The van der Waals surface area contributed by atoms with Crippen molar-refractivity contribution in [3.63, 3.8) is 0 Å². The lowest BCUT2D eigenvalue weighted by Crippen LogP contribution is -2.54. The highest BCUT2D eigenvalue weighted by atomic mass is 32.1. The summed E-state index contributed by atoms with van der Waals surface area (Å²) in [7, 11) is 1.57. The second-order valence-electron chi connectivity index (χ2n) is 8.82. The zero-order valence-electron chi connectivity index (χ0n) is 20.4. The van der Waals surface area contributed by atoms with Gasteiger partial charge in [0.25, 0.3) is 0 Å². The number of hydrogen-bond acceptors (Lipinski definition) is 7. The van der Waals surface area contributed by atoms with Crippen molar-refractivity contribution in [3.8, 4) is 11.5 Å². The molecule has 0 spiro atoms. The minimum absolute atomic E-state index is 0.0854. The van der Waals surface area contributed by atoms with Crippen LogP contribution in [0.4, 0.5) is 18.2 Å². The molecule has 0 N–H and O–H groups in total. The van der Waals surface area contributed by atoms with Crippen LogP contribution < -0.4 is 4.90 Å². The number of ether oxygens (including phenoxy) is 1. The van der Waals surface area contributed by atoms with Gasteiger partial charge in [0.2, 0.25) is 10.9 Å². The van der Waals surface area contributed by atoms with Crippen LogP contribution in [0.1, 0.15) is 11.9 Å². The molecule has 5 rings (SSSR count). The van der Waals surface area contributed by atoms with Gasteiger partial charge in [-0.1, -0.05) is 23.5 Å². The number of benzene rings is 1. The van der Waals surface area contributed by atoms with Gasteiger partial charge in [0.05, 0.1) is 17.6 Å². The van der Waals surface area contributed by atoms with Crippen LogP contribution >= 0.6 is 11.3 Å². The summed E-state index contributed by atoms with van der Waals surface area (Å²) in [5, 5.41) is 3.56. The largest absolute Gasteiger partial charge is 0.443 e. The van der Waals surface area contributed by atoms with Crippen molar-refractivity contribution in [1.82, 2.24) is 29.2 Å². The Morgan fingerprint density at radius 3 is 2.70 bits per heavy atom. The monoisotopic (exact) mass is 533 g/mol. The highest BCUT2D eigenvalue weighted by Gasteiger charge is 2.39. The van der Waals surface area contributed by atoms with Crippen LogP contribution in [0, 0.1) is 0 Å². The number of aromatic nitrogens is 5. The van der Waals surface area contributed by atoms with E-state index in [1.165, 1.54) is 0 Å². The maximum atomic E-state index is 13.8. The van der Waals surface area contributed by atoms with E-state index in [0.717, 1.165) is 5.52 Å². The molecule has 196 valence electrons. The van der Waals surface area contributed by atoms with Gasteiger partial charge in [-0.2, -0.15) is 18.3 Å². The molecule has 9 nitrogen and oxygen atoms in total. The fourth-order valence-electron chi connectivity index (χ4n) is 4.59. The molecule has 13 heteroatoms. The van der Waals surface area contributed by atoms with Crippen molar-refractivity contribution in [3.05, 3.63) is 47.7 Å². The number of alkyl halides is 3. The topological polar surface area (TPSA) is 81.3 Å². The number of halogens is 3. The third-order valence-corrected chi connectivity index (χ3v) is 7.49. The molecule has 1 aliphatic rings. The number of carbonyl (C=O) groups excluding carboxylic acids is 1. The zero-order valence-corrected chi connectivity index (χ0v) is 21.2. The van der Waals surface area contributed by atoms with Crippen LogP contribution in [0.25, 0.3) is 22.6 Å². The van der Waals surface area contributed by atoms with Crippen molar-refractivity contribution in [2.75, 3.05) is 38.3 Å². The quantitative estimate of drug-likeness (QED) is 0.360. The second-order valence-corrected chi connectivity index (χ2v) is 9.80. The van der Waals surface area contributed by atoms with Crippen molar-refractivity contribution < 1.29 is 22.7 Å². The molecule has 0 radical (unpaired) electrons. The Labute approximate surface area is 215 Å². The standard InChI is InChI=1S/C24H26F3N7O2S/c1-16-14-31(10-11-33(16)19(35)15-32-9-5-8-28-32)22-20(30-23(37-22)24(25,26)27)21-29-17-6-3-4-7-18(17)34(21)12-13-36-2/h3-9,16H,10-15H2,1-2H3/t16-/m1/s1. The third kappa shape index (κ3) is 5.05. The van der Waals surface area contributed by atoms with Crippen LogP contribution in [-0.4, -0.2) is 74.5 Å². The number of thiazole rings is 1. The Morgan fingerprint density at radius 2 is 2.00 bits per heavy atom. The van der Waals surface area contributed by atoms with Crippen molar-refractivity contribution >= 4 is 33.3 Å². The molecular weight excluding hydrogens is 507 g/mol. The average molecular weight is 534 g/mol. The zero-order chi connectivity index (χ0) is 26.2. The molecule has 1 aliphatic heterocycles. The van der Waals surface area contributed by atoms with Gasteiger partial charge < -0.3 is 19.1 Å². The summed E-state index contributed by atoms with van der Waals surface area (Å²) in [5.41, 5.74) is 1.65. The summed E-state index contributed by atoms with van der Waals surface area (Å²) in [6.45, 7) is 3.91. The number of carbonyl (C=O) groups is 1. The molecule has 0 aliphatic carbocycles. The number of nitrogens with zero attached hydrogens (tertiary/aromatic N) is 7. The van der Waals surface area contributed by atoms with Crippen LogP contribution in [0.3, 0.4) is 0 Å². The highest BCUT2D eigenvalue weighted by Crippen LogP contribution is 2.43. The van der Waals surface area contributed by atoms with E-state index in [1.54, 1.807) is 35.2 Å². The lowest BCUT2D eigenvalue weighted by molar-refractivity contribution is -0.137. The minimum atomic E-state index is -4.59. The van der Waals surface area contributed by atoms with Gasteiger partial charge in [0, 0.05) is 51.7 Å². The van der Waals surface area contributed by atoms with Crippen LogP contribution in [0.2, 0.25) is 0 Å². The third-order valence-electron chi connectivity index (χ3n) is 6.33. The second kappa shape index (κ2) is 10.1. The summed E-state index contributed by atoms with van der Waals surface area (Å²) in [6, 6.07) is 8.94.